The van der Waals surface area contributed by atoms with Gasteiger partial charge < -0.3 is 10.1 Å². The highest BCUT2D eigenvalue weighted by molar-refractivity contribution is 5.76. The maximum Gasteiger partial charge on any atom is 0.323 e. The van der Waals surface area contributed by atoms with Crippen molar-refractivity contribution in [3.05, 3.63) is 35.9 Å². The van der Waals surface area contributed by atoms with Crippen LogP contribution in [0.5, 0.6) is 0 Å². The molecule has 0 bridgehead atoms. The Morgan fingerprint density at radius 1 is 1.21 bits per heavy atom. The molecule has 0 aromatic heterocycles. The molecule has 1 saturated heterocycles. The zero-order valence-electron chi connectivity index (χ0n) is 11.2. The van der Waals surface area contributed by atoms with Gasteiger partial charge in [-0.3, -0.25) is 4.79 Å². The minimum absolute atomic E-state index is 0.0850. The molecule has 1 aliphatic carbocycles. The van der Waals surface area contributed by atoms with Crippen LogP contribution >= 0.6 is 0 Å². The first-order valence-corrected chi connectivity index (χ1v) is 7.29. The topological polar surface area (TPSA) is 38.3 Å². The summed E-state index contributed by atoms with van der Waals surface area (Å²) in [5.74, 6) is 0.598. The number of benzene rings is 1. The van der Waals surface area contributed by atoms with E-state index in [2.05, 4.69) is 5.32 Å². The number of carbonyl (C=O) groups is 1. The normalized spacial score (nSPS) is 29.8. The van der Waals surface area contributed by atoms with Crippen LogP contribution in [-0.2, 0) is 16.1 Å². The van der Waals surface area contributed by atoms with Crippen LogP contribution in [0.3, 0.4) is 0 Å². The molecule has 0 amide bonds. The molecule has 3 atom stereocenters. The Morgan fingerprint density at radius 2 is 2.00 bits per heavy atom. The molecule has 1 heterocycles. The van der Waals surface area contributed by atoms with Gasteiger partial charge in [-0.2, -0.15) is 0 Å². The van der Waals surface area contributed by atoms with Gasteiger partial charge in [0.05, 0.1) is 0 Å². The van der Waals surface area contributed by atoms with Gasteiger partial charge in [0.2, 0.25) is 0 Å². The smallest absolute Gasteiger partial charge is 0.323 e. The molecular weight excluding hydrogens is 238 g/mol. The van der Waals surface area contributed by atoms with Crippen molar-refractivity contribution in [2.24, 2.45) is 5.92 Å². The maximum atomic E-state index is 12.1. The summed E-state index contributed by atoms with van der Waals surface area (Å²) in [5.41, 5.74) is 1.05. The monoisotopic (exact) mass is 259 g/mol. The van der Waals surface area contributed by atoms with Gasteiger partial charge in [-0.25, -0.2) is 0 Å². The van der Waals surface area contributed by atoms with Gasteiger partial charge in [0, 0.05) is 6.04 Å². The Morgan fingerprint density at radius 3 is 2.79 bits per heavy atom. The standard InChI is InChI=1S/C16H21NO2/c18-16(19-11-12-6-2-1-3-7-12)15-10-13-8-4-5-9-14(13)17-15/h1-3,6-7,13-15,17H,4-5,8-11H2/t13-,14?,15+/m1/s1. The second-order valence-electron chi connectivity index (χ2n) is 5.70. The Hall–Kier alpha value is -1.35. The van der Waals surface area contributed by atoms with Gasteiger partial charge >= 0.3 is 5.97 Å². The van der Waals surface area contributed by atoms with Gasteiger partial charge in [0.25, 0.3) is 0 Å². The fourth-order valence-electron chi connectivity index (χ4n) is 3.33. The van der Waals surface area contributed by atoms with Gasteiger partial charge in [-0.1, -0.05) is 43.2 Å². The SMILES string of the molecule is O=C(OCc1ccccc1)[C@@H]1C[C@H]2CCCCC2N1. The molecular formula is C16H21NO2. The van der Waals surface area contributed by atoms with Crippen LogP contribution in [0.4, 0.5) is 0 Å². The Kier molecular flexibility index (Phi) is 3.83. The largest absolute Gasteiger partial charge is 0.460 e. The van der Waals surface area contributed by atoms with Gasteiger partial charge in [-0.05, 0) is 30.7 Å². The zero-order chi connectivity index (χ0) is 13.1. The van der Waals surface area contributed by atoms with Gasteiger partial charge in [0.1, 0.15) is 12.6 Å². The average Bonchev–Trinajstić information content (AvgIpc) is 2.90. The Balaban J connectivity index is 1.51. The number of carbonyl (C=O) groups excluding carboxylic acids is 1. The summed E-state index contributed by atoms with van der Waals surface area (Å²) in [6.45, 7) is 0.382. The maximum absolute atomic E-state index is 12.1. The van der Waals surface area contributed by atoms with E-state index < -0.39 is 0 Å². The van der Waals surface area contributed by atoms with Crippen molar-refractivity contribution in [2.45, 2.75) is 50.8 Å². The number of ether oxygens (including phenoxy) is 1. The second-order valence-corrected chi connectivity index (χ2v) is 5.70. The molecule has 1 N–H and O–H groups in total. The van der Waals surface area contributed by atoms with Crippen LogP contribution in [0, 0.1) is 5.92 Å². The van der Waals surface area contributed by atoms with Crippen molar-refractivity contribution in [2.75, 3.05) is 0 Å². The van der Waals surface area contributed by atoms with E-state index in [1.54, 1.807) is 0 Å². The molecule has 3 heteroatoms. The van der Waals surface area contributed by atoms with Crippen LogP contribution in [0.2, 0.25) is 0 Å². The number of nitrogens with one attached hydrogen (secondary N) is 1. The number of fused-ring (bicyclic) bond motifs is 1. The number of esters is 1. The van der Waals surface area contributed by atoms with E-state index >= 15 is 0 Å². The predicted molar refractivity (Wildman–Crippen MR) is 73.5 cm³/mol. The Labute approximate surface area is 114 Å². The predicted octanol–water partition coefficient (Wildman–Crippen LogP) is 2.65. The summed E-state index contributed by atoms with van der Waals surface area (Å²) >= 11 is 0. The third kappa shape index (κ3) is 2.98. The molecule has 3 rings (SSSR count). The molecule has 1 unspecified atom stereocenters. The Bertz CT molecular complexity index is 418. The van der Waals surface area contributed by atoms with E-state index in [0.717, 1.165) is 12.0 Å². The lowest BCUT2D eigenvalue weighted by Crippen LogP contribution is -2.37. The summed E-state index contributed by atoms with van der Waals surface area (Å²) in [5, 5.41) is 3.45. The van der Waals surface area contributed by atoms with Crippen molar-refractivity contribution in [3.8, 4) is 0 Å². The van der Waals surface area contributed by atoms with E-state index in [1.807, 2.05) is 30.3 Å². The fraction of sp³-hybridized carbons (Fsp3) is 0.562. The molecule has 1 aromatic rings. The molecule has 2 fully saturated rings. The molecule has 102 valence electrons. The third-order valence-electron chi connectivity index (χ3n) is 4.37. The van der Waals surface area contributed by atoms with E-state index in [1.165, 1.54) is 25.7 Å². The number of hydrogen-bond donors (Lipinski definition) is 1. The molecule has 2 aliphatic rings. The summed E-state index contributed by atoms with van der Waals surface area (Å²) in [6.07, 6.45) is 6.04. The lowest BCUT2D eigenvalue weighted by Gasteiger charge is -2.24. The van der Waals surface area contributed by atoms with Crippen molar-refractivity contribution < 1.29 is 9.53 Å². The lowest BCUT2D eigenvalue weighted by molar-refractivity contribution is -0.147. The van der Waals surface area contributed by atoms with E-state index in [-0.39, 0.29) is 12.0 Å². The minimum Gasteiger partial charge on any atom is -0.460 e. The molecule has 1 aromatic carbocycles. The number of hydrogen-bond acceptors (Lipinski definition) is 3. The summed E-state index contributed by atoms with van der Waals surface area (Å²) in [7, 11) is 0. The molecule has 0 spiro atoms. The van der Waals surface area contributed by atoms with Crippen LogP contribution < -0.4 is 5.32 Å². The van der Waals surface area contributed by atoms with Crippen molar-refractivity contribution in [1.82, 2.24) is 5.32 Å². The van der Waals surface area contributed by atoms with Crippen molar-refractivity contribution >= 4 is 5.97 Å². The summed E-state index contributed by atoms with van der Waals surface area (Å²) < 4.78 is 5.42. The fourth-order valence-corrected chi connectivity index (χ4v) is 3.33. The van der Waals surface area contributed by atoms with E-state index in [0.29, 0.717) is 18.6 Å². The van der Waals surface area contributed by atoms with Crippen LogP contribution in [0.1, 0.15) is 37.7 Å². The van der Waals surface area contributed by atoms with Crippen LogP contribution in [0.15, 0.2) is 30.3 Å². The quantitative estimate of drug-likeness (QED) is 0.848. The first kappa shape index (κ1) is 12.7. The van der Waals surface area contributed by atoms with E-state index in [4.69, 9.17) is 4.74 Å². The van der Waals surface area contributed by atoms with Crippen molar-refractivity contribution in [1.29, 1.82) is 0 Å². The second kappa shape index (κ2) is 5.74. The highest BCUT2D eigenvalue weighted by Gasteiger charge is 2.38. The highest BCUT2D eigenvalue weighted by atomic mass is 16.5. The molecule has 1 aliphatic heterocycles. The molecule has 3 nitrogen and oxygen atoms in total. The average molecular weight is 259 g/mol. The van der Waals surface area contributed by atoms with Crippen LogP contribution in [0.25, 0.3) is 0 Å². The summed E-state index contributed by atoms with van der Waals surface area (Å²) in [6, 6.07) is 10.3. The minimum atomic E-state index is -0.0863. The van der Waals surface area contributed by atoms with Crippen molar-refractivity contribution in [3.63, 3.8) is 0 Å². The molecule has 0 radical (unpaired) electrons. The first-order valence-electron chi connectivity index (χ1n) is 7.29. The first-order chi connectivity index (χ1) is 9.33. The third-order valence-corrected chi connectivity index (χ3v) is 4.37. The van der Waals surface area contributed by atoms with E-state index in [9.17, 15) is 4.79 Å². The lowest BCUT2D eigenvalue weighted by atomic mass is 9.85. The highest BCUT2D eigenvalue weighted by Crippen LogP contribution is 2.33. The zero-order valence-corrected chi connectivity index (χ0v) is 11.2. The van der Waals surface area contributed by atoms with Gasteiger partial charge in [0.15, 0.2) is 0 Å². The van der Waals surface area contributed by atoms with Crippen LogP contribution in [-0.4, -0.2) is 18.1 Å². The molecule has 1 saturated carbocycles. The van der Waals surface area contributed by atoms with Gasteiger partial charge in [-0.15, -0.1) is 0 Å². The molecule has 19 heavy (non-hydrogen) atoms. The summed E-state index contributed by atoms with van der Waals surface area (Å²) in [4.78, 5) is 12.1. The number of rotatable bonds is 3.